The van der Waals surface area contributed by atoms with E-state index in [2.05, 4.69) is 20.6 Å². The molecule has 0 unspecified atom stereocenters. The minimum Gasteiger partial charge on any atom is -0.480 e. The SMILES string of the molecule is CNc1ncc(CN[C@@H](C(=O)O)C(C)C)cn1. The lowest BCUT2D eigenvalue weighted by Gasteiger charge is -2.17. The molecule has 1 heterocycles. The number of carboxylic acid groups (broad SMARTS) is 1. The highest BCUT2D eigenvalue weighted by molar-refractivity contribution is 5.73. The van der Waals surface area contributed by atoms with E-state index in [1.807, 2.05) is 13.8 Å². The van der Waals surface area contributed by atoms with Crippen LogP contribution in [-0.2, 0) is 11.3 Å². The molecule has 6 heteroatoms. The number of aromatic nitrogens is 2. The molecule has 1 aromatic rings. The molecule has 0 bridgehead atoms. The van der Waals surface area contributed by atoms with Crippen LogP contribution < -0.4 is 10.6 Å². The molecule has 0 saturated carbocycles. The number of carboxylic acids is 1. The van der Waals surface area contributed by atoms with Crippen LogP contribution in [0.2, 0.25) is 0 Å². The van der Waals surface area contributed by atoms with E-state index >= 15 is 0 Å². The topological polar surface area (TPSA) is 87.1 Å². The van der Waals surface area contributed by atoms with Crippen molar-refractivity contribution in [1.82, 2.24) is 15.3 Å². The van der Waals surface area contributed by atoms with E-state index < -0.39 is 12.0 Å². The Bertz CT molecular complexity index is 364. The molecule has 6 nitrogen and oxygen atoms in total. The van der Waals surface area contributed by atoms with E-state index in [4.69, 9.17) is 5.11 Å². The van der Waals surface area contributed by atoms with Crippen LogP contribution in [0.15, 0.2) is 12.4 Å². The molecule has 0 aliphatic heterocycles. The Morgan fingerprint density at radius 3 is 2.41 bits per heavy atom. The Labute approximate surface area is 100 Å². The summed E-state index contributed by atoms with van der Waals surface area (Å²) in [7, 11) is 1.74. The fraction of sp³-hybridized carbons (Fsp3) is 0.545. The van der Waals surface area contributed by atoms with Crippen molar-refractivity contribution in [2.75, 3.05) is 12.4 Å². The van der Waals surface area contributed by atoms with E-state index in [0.29, 0.717) is 12.5 Å². The molecule has 0 fully saturated rings. The fourth-order valence-electron chi connectivity index (χ4n) is 1.41. The Balaban J connectivity index is 2.56. The third-order valence-electron chi connectivity index (χ3n) is 2.39. The van der Waals surface area contributed by atoms with Crippen LogP contribution in [-0.4, -0.2) is 34.1 Å². The normalized spacial score (nSPS) is 12.5. The largest absolute Gasteiger partial charge is 0.480 e. The zero-order valence-electron chi connectivity index (χ0n) is 10.3. The number of anilines is 1. The molecular formula is C11H18N4O2. The Morgan fingerprint density at radius 2 is 2.00 bits per heavy atom. The minimum absolute atomic E-state index is 0.0324. The highest BCUT2D eigenvalue weighted by atomic mass is 16.4. The summed E-state index contributed by atoms with van der Waals surface area (Å²) in [6.07, 6.45) is 3.34. The van der Waals surface area contributed by atoms with Crippen LogP contribution in [0.3, 0.4) is 0 Å². The van der Waals surface area contributed by atoms with Crippen LogP contribution in [0, 0.1) is 5.92 Å². The third kappa shape index (κ3) is 3.99. The molecule has 0 saturated heterocycles. The van der Waals surface area contributed by atoms with E-state index in [0.717, 1.165) is 5.56 Å². The van der Waals surface area contributed by atoms with Gasteiger partial charge in [-0.15, -0.1) is 0 Å². The van der Waals surface area contributed by atoms with Crippen molar-refractivity contribution in [3.63, 3.8) is 0 Å². The summed E-state index contributed by atoms with van der Waals surface area (Å²) in [4.78, 5) is 19.1. The smallest absolute Gasteiger partial charge is 0.320 e. The quantitative estimate of drug-likeness (QED) is 0.677. The summed E-state index contributed by atoms with van der Waals surface area (Å²) in [5.41, 5.74) is 0.857. The van der Waals surface area contributed by atoms with Gasteiger partial charge in [0.2, 0.25) is 5.95 Å². The number of rotatable bonds is 6. The Morgan fingerprint density at radius 1 is 1.41 bits per heavy atom. The van der Waals surface area contributed by atoms with Gasteiger partial charge in [0.05, 0.1) is 0 Å². The van der Waals surface area contributed by atoms with Gasteiger partial charge in [-0.1, -0.05) is 13.8 Å². The zero-order chi connectivity index (χ0) is 12.8. The van der Waals surface area contributed by atoms with Crippen molar-refractivity contribution in [3.8, 4) is 0 Å². The van der Waals surface area contributed by atoms with Gasteiger partial charge in [0.25, 0.3) is 0 Å². The van der Waals surface area contributed by atoms with Crippen molar-refractivity contribution in [2.45, 2.75) is 26.4 Å². The summed E-state index contributed by atoms with van der Waals surface area (Å²) in [5.74, 6) is -0.259. The molecule has 3 N–H and O–H groups in total. The first-order valence-electron chi connectivity index (χ1n) is 5.49. The van der Waals surface area contributed by atoms with Gasteiger partial charge in [-0.05, 0) is 5.92 Å². The van der Waals surface area contributed by atoms with Crippen molar-refractivity contribution in [3.05, 3.63) is 18.0 Å². The maximum Gasteiger partial charge on any atom is 0.320 e. The lowest BCUT2D eigenvalue weighted by Crippen LogP contribution is -2.40. The molecule has 0 radical (unpaired) electrons. The van der Waals surface area contributed by atoms with E-state index in [9.17, 15) is 4.79 Å². The minimum atomic E-state index is -0.840. The molecule has 0 amide bonds. The van der Waals surface area contributed by atoms with Gasteiger partial charge >= 0.3 is 5.97 Å². The summed E-state index contributed by atoms with van der Waals surface area (Å²) in [6.45, 7) is 4.18. The maximum absolute atomic E-state index is 11.0. The first-order chi connectivity index (χ1) is 8.04. The van der Waals surface area contributed by atoms with E-state index in [1.165, 1.54) is 0 Å². The number of carbonyl (C=O) groups is 1. The van der Waals surface area contributed by atoms with Gasteiger partial charge in [0.1, 0.15) is 6.04 Å². The van der Waals surface area contributed by atoms with Crippen LogP contribution in [0.1, 0.15) is 19.4 Å². The van der Waals surface area contributed by atoms with Crippen molar-refractivity contribution >= 4 is 11.9 Å². The van der Waals surface area contributed by atoms with Gasteiger partial charge in [0.15, 0.2) is 0 Å². The highest BCUT2D eigenvalue weighted by Gasteiger charge is 2.20. The monoisotopic (exact) mass is 238 g/mol. The van der Waals surface area contributed by atoms with Crippen LogP contribution >= 0.6 is 0 Å². The lowest BCUT2D eigenvalue weighted by atomic mass is 10.0. The highest BCUT2D eigenvalue weighted by Crippen LogP contribution is 2.04. The Hall–Kier alpha value is -1.69. The van der Waals surface area contributed by atoms with Crippen LogP contribution in [0.4, 0.5) is 5.95 Å². The summed E-state index contributed by atoms with van der Waals surface area (Å²) >= 11 is 0. The third-order valence-corrected chi connectivity index (χ3v) is 2.39. The number of hydrogen-bond acceptors (Lipinski definition) is 5. The number of nitrogens with zero attached hydrogens (tertiary/aromatic N) is 2. The van der Waals surface area contributed by atoms with Gasteiger partial charge in [0, 0.05) is 31.5 Å². The number of hydrogen-bond donors (Lipinski definition) is 3. The Kier molecular flexibility index (Phi) is 4.84. The maximum atomic E-state index is 11.0. The second kappa shape index (κ2) is 6.15. The molecule has 1 rings (SSSR count). The molecule has 17 heavy (non-hydrogen) atoms. The van der Waals surface area contributed by atoms with Crippen molar-refractivity contribution in [2.24, 2.45) is 5.92 Å². The fourth-order valence-corrected chi connectivity index (χ4v) is 1.41. The van der Waals surface area contributed by atoms with Gasteiger partial charge in [-0.25, -0.2) is 9.97 Å². The summed E-state index contributed by atoms with van der Waals surface area (Å²) < 4.78 is 0. The van der Waals surface area contributed by atoms with E-state index in [1.54, 1.807) is 19.4 Å². The van der Waals surface area contributed by atoms with Crippen LogP contribution in [0.5, 0.6) is 0 Å². The standard InChI is InChI=1S/C11H18N4O2/c1-7(2)9(10(16)17)13-4-8-5-14-11(12-3)15-6-8/h5-7,9,13H,4H2,1-3H3,(H,16,17)(H,12,14,15)/t9-/m1/s1. The predicted molar refractivity (Wildman–Crippen MR) is 64.7 cm³/mol. The second-order valence-corrected chi connectivity index (χ2v) is 4.11. The van der Waals surface area contributed by atoms with Gasteiger partial charge in [-0.3, -0.25) is 10.1 Å². The number of aliphatic carboxylic acids is 1. The molecule has 1 aromatic heterocycles. The first kappa shape index (κ1) is 13.4. The molecule has 94 valence electrons. The molecular weight excluding hydrogens is 220 g/mol. The van der Waals surface area contributed by atoms with Gasteiger partial charge in [-0.2, -0.15) is 0 Å². The van der Waals surface area contributed by atoms with Gasteiger partial charge < -0.3 is 10.4 Å². The summed E-state index contributed by atoms with van der Waals surface area (Å²) in [5, 5.41) is 14.8. The molecule has 0 aromatic carbocycles. The van der Waals surface area contributed by atoms with Crippen LogP contribution in [0.25, 0.3) is 0 Å². The summed E-state index contributed by atoms with van der Waals surface area (Å²) in [6, 6.07) is -0.557. The average molecular weight is 238 g/mol. The molecule has 1 atom stereocenters. The molecule has 0 aliphatic carbocycles. The molecule has 0 aliphatic rings. The van der Waals surface area contributed by atoms with Crippen molar-refractivity contribution < 1.29 is 9.90 Å². The van der Waals surface area contributed by atoms with E-state index in [-0.39, 0.29) is 5.92 Å². The molecule has 0 spiro atoms. The zero-order valence-corrected chi connectivity index (χ0v) is 10.3. The van der Waals surface area contributed by atoms with Crippen molar-refractivity contribution in [1.29, 1.82) is 0 Å². The average Bonchev–Trinajstić information content (AvgIpc) is 2.29. The first-order valence-corrected chi connectivity index (χ1v) is 5.49. The second-order valence-electron chi connectivity index (χ2n) is 4.11. The lowest BCUT2D eigenvalue weighted by molar-refractivity contribution is -0.140. The number of nitrogens with one attached hydrogen (secondary N) is 2. The predicted octanol–water partition coefficient (Wildman–Crippen LogP) is 0.717.